The van der Waals surface area contributed by atoms with Crippen molar-refractivity contribution < 1.29 is 24.2 Å². The number of fused-ring (bicyclic) bond motifs is 1. The van der Waals surface area contributed by atoms with E-state index in [0.717, 1.165) is 48.3 Å². The van der Waals surface area contributed by atoms with Gasteiger partial charge in [-0.1, -0.05) is 24.3 Å². The van der Waals surface area contributed by atoms with E-state index in [4.69, 9.17) is 9.84 Å². The van der Waals surface area contributed by atoms with Gasteiger partial charge in [-0.15, -0.1) is 0 Å². The highest BCUT2D eigenvalue weighted by Gasteiger charge is 2.22. The number of hydrogen-bond acceptors (Lipinski definition) is 5. The molecule has 0 spiro atoms. The number of hydrogen-bond donors (Lipinski definition) is 3. The van der Waals surface area contributed by atoms with Gasteiger partial charge in [0, 0.05) is 12.2 Å². The Labute approximate surface area is 186 Å². The Balaban J connectivity index is 1.46. The van der Waals surface area contributed by atoms with Crippen molar-refractivity contribution in [1.29, 1.82) is 0 Å². The van der Waals surface area contributed by atoms with Crippen molar-refractivity contribution in [2.75, 3.05) is 31.6 Å². The molecule has 1 atom stereocenters. The van der Waals surface area contributed by atoms with Crippen LogP contribution in [0.5, 0.6) is 5.75 Å². The number of benzene rings is 2. The maximum Gasteiger partial charge on any atom is 0.341 e. The highest BCUT2D eigenvalue weighted by Crippen LogP contribution is 2.25. The number of carbonyl (C=O) groups excluding carboxylic acids is 2. The van der Waals surface area contributed by atoms with Gasteiger partial charge < -0.3 is 25.4 Å². The molecule has 2 aliphatic rings. The zero-order valence-electron chi connectivity index (χ0n) is 17.8. The summed E-state index contributed by atoms with van der Waals surface area (Å²) in [4.78, 5) is 37.6. The Hall–Kier alpha value is -3.39. The molecule has 1 unspecified atom stereocenters. The van der Waals surface area contributed by atoms with Crippen molar-refractivity contribution in [3.63, 3.8) is 0 Å². The van der Waals surface area contributed by atoms with Gasteiger partial charge in [-0.05, 0) is 60.8 Å². The molecule has 2 amide bonds. The third-order valence-electron chi connectivity index (χ3n) is 5.76. The molecule has 2 aliphatic heterocycles. The van der Waals surface area contributed by atoms with Crippen LogP contribution >= 0.6 is 0 Å². The lowest BCUT2D eigenvalue weighted by atomic mass is 10.0. The van der Waals surface area contributed by atoms with Crippen LogP contribution < -0.4 is 15.4 Å². The number of nitrogens with zero attached hydrogens (tertiary/aromatic N) is 1. The lowest BCUT2D eigenvalue weighted by molar-refractivity contribution is -0.139. The summed E-state index contributed by atoms with van der Waals surface area (Å²) >= 11 is 0. The van der Waals surface area contributed by atoms with E-state index in [2.05, 4.69) is 15.5 Å². The molecular weight excluding hydrogens is 410 g/mol. The number of nitrogens with one attached hydrogen (secondary N) is 2. The molecule has 1 fully saturated rings. The summed E-state index contributed by atoms with van der Waals surface area (Å²) in [6, 6.07) is 12.6. The molecular formula is C24H27N3O5. The minimum atomic E-state index is -1.04. The summed E-state index contributed by atoms with van der Waals surface area (Å²) in [6.07, 6.45) is 2.86. The van der Waals surface area contributed by atoms with Gasteiger partial charge in [0.1, 0.15) is 5.75 Å². The van der Waals surface area contributed by atoms with E-state index >= 15 is 0 Å². The highest BCUT2D eigenvalue weighted by molar-refractivity contribution is 5.99. The average molecular weight is 437 g/mol. The topological polar surface area (TPSA) is 108 Å². The molecule has 32 heavy (non-hydrogen) atoms. The maximum atomic E-state index is 12.9. The van der Waals surface area contributed by atoms with E-state index in [9.17, 15) is 14.4 Å². The van der Waals surface area contributed by atoms with E-state index in [1.54, 1.807) is 18.2 Å². The van der Waals surface area contributed by atoms with E-state index in [1.165, 1.54) is 0 Å². The number of likely N-dealkylation sites (tertiary alicyclic amines) is 1. The quantitative estimate of drug-likeness (QED) is 0.555. The first-order valence-corrected chi connectivity index (χ1v) is 10.8. The molecule has 2 aromatic rings. The van der Waals surface area contributed by atoms with Crippen LogP contribution in [0.3, 0.4) is 0 Å². The van der Waals surface area contributed by atoms with E-state index < -0.39 is 12.6 Å². The molecule has 0 saturated carbocycles. The summed E-state index contributed by atoms with van der Waals surface area (Å²) in [7, 11) is 0. The minimum absolute atomic E-state index is 0.0303. The van der Waals surface area contributed by atoms with Crippen LogP contribution in [0.25, 0.3) is 0 Å². The first-order chi connectivity index (χ1) is 15.5. The van der Waals surface area contributed by atoms with Gasteiger partial charge in [-0.25, -0.2) is 4.79 Å². The monoisotopic (exact) mass is 437 g/mol. The molecule has 0 aromatic heterocycles. The Bertz CT molecular complexity index is 1020. The molecule has 2 heterocycles. The number of anilines is 1. The first-order valence-electron chi connectivity index (χ1n) is 10.8. The minimum Gasteiger partial charge on any atom is -0.482 e. The molecule has 1 saturated heterocycles. The van der Waals surface area contributed by atoms with E-state index in [1.807, 2.05) is 24.3 Å². The first kappa shape index (κ1) is 21.8. The number of carboxylic acids is 1. The summed E-state index contributed by atoms with van der Waals surface area (Å²) in [5.41, 5.74) is 3.43. The van der Waals surface area contributed by atoms with Gasteiger partial charge in [0.05, 0.1) is 18.9 Å². The molecule has 8 nitrogen and oxygen atoms in total. The van der Waals surface area contributed by atoms with Crippen LogP contribution in [0.2, 0.25) is 0 Å². The predicted octanol–water partition coefficient (Wildman–Crippen LogP) is 2.14. The van der Waals surface area contributed by atoms with Crippen LogP contribution in [0.4, 0.5) is 5.69 Å². The van der Waals surface area contributed by atoms with Crippen molar-refractivity contribution in [1.82, 2.24) is 10.2 Å². The fraction of sp³-hybridized carbons (Fsp3) is 0.375. The van der Waals surface area contributed by atoms with Crippen LogP contribution in [0.15, 0.2) is 42.5 Å². The zero-order chi connectivity index (χ0) is 22.5. The SMILES string of the molecule is O=C(O)COc1cccc(C(CN2CCCC2)NC(=O)Cc2ccc3c(c2)NC(=O)C3)c1. The van der Waals surface area contributed by atoms with E-state index in [0.29, 0.717) is 18.7 Å². The van der Waals surface area contributed by atoms with Gasteiger partial charge >= 0.3 is 5.97 Å². The van der Waals surface area contributed by atoms with Crippen molar-refractivity contribution in [3.8, 4) is 5.75 Å². The summed E-state index contributed by atoms with van der Waals surface area (Å²) in [6.45, 7) is 2.24. The van der Waals surface area contributed by atoms with Gasteiger partial charge in [0.25, 0.3) is 0 Å². The zero-order valence-corrected chi connectivity index (χ0v) is 17.8. The van der Waals surface area contributed by atoms with Crippen LogP contribution in [-0.4, -0.2) is 54.0 Å². The van der Waals surface area contributed by atoms with Gasteiger partial charge in [-0.3, -0.25) is 9.59 Å². The molecule has 0 bridgehead atoms. The van der Waals surface area contributed by atoms with Gasteiger partial charge in [0.15, 0.2) is 6.61 Å². The Morgan fingerprint density at radius 3 is 2.75 bits per heavy atom. The highest BCUT2D eigenvalue weighted by atomic mass is 16.5. The average Bonchev–Trinajstić information content (AvgIpc) is 3.40. The standard InChI is InChI=1S/C24H27N3O5/c28-22(11-16-6-7-18-13-23(29)25-20(18)10-16)26-21(14-27-8-1-2-9-27)17-4-3-5-19(12-17)32-15-24(30)31/h3-7,10,12,21H,1-2,8-9,11,13-15H2,(H,25,29)(H,26,28)(H,30,31). The number of amides is 2. The molecule has 3 N–H and O–H groups in total. The molecule has 2 aromatic carbocycles. The van der Waals surface area contributed by atoms with E-state index in [-0.39, 0.29) is 24.3 Å². The lowest BCUT2D eigenvalue weighted by Crippen LogP contribution is -2.37. The second-order valence-electron chi connectivity index (χ2n) is 8.28. The normalized spacial score (nSPS) is 16.3. The van der Waals surface area contributed by atoms with Crippen molar-refractivity contribution in [2.45, 2.75) is 31.7 Å². The summed E-state index contributed by atoms with van der Waals surface area (Å²) in [5.74, 6) is -0.726. The molecule has 4 rings (SSSR count). The third-order valence-corrected chi connectivity index (χ3v) is 5.76. The largest absolute Gasteiger partial charge is 0.482 e. The Kier molecular flexibility index (Phi) is 6.70. The van der Waals surface area contributed by atoms with Crippen LogP contribution in [0, 0.1) is 0 Å². The number of carboxylic acid groups (broad SMARTS) is 1. The molecule has 8 heteroatoms. The summed E-state index contributed by atoms with van der Waals surface area (Å²) in [5, 5.41) is 14.8. The third kappa shape index (κ3) is 5.64. The summed E-state index contributed by atoms with van der Waals surface area (Å²) < 4.78 is 5.32. The number of carbonyl (C=O) groups is 3. The second kappa shape index (κ2) is 9.82. The fourth-order valence-corrected chi connectivity index (χ4v) is 4.23. The number of ether oxygens (including phenoxy) is 1. The Morgan fingerprint density at radius 2 is 1.97 bits per heavy atom. The van der Waals surface area contributed by atoms with Crippen LogP contribution in [0.1, 0.15) is 35.6 Å². The van der Waals surface area contributed by atoms with Crippen LogP contribution in [-0.2, 0) is 27.2 Å². The predicted molar refractivity (Wildman–Crippen MR) is 119 cm³/mol. The smallest absolute Gasteiger partial charge is 0.341 e. The van der Waals surface area contributed by atoms with Crippen molar-refractivity contribution in [3.05, 3.63) is 59.2 Å². The number of aliphatic carboxylic acids is 1. The van der Waals surface area contributed by atoms with Gasteiger partial charge in [-0.2, -0.15) is 0 Å². The number of rotatable bonds is 9. The molecule has 168 valence electrons. The van der Waals surface area contributed by atoms with Gasteiger partial charge in [0.2, 0.25) is 11.8 Å². The molecule has 0 aliphatic carbocycles. The lowest BCUT2D eigenvalue weighted by Gasteiger charge is -2.25. The maximum absolute atomic E-state index is 12.9. The molecule has 0 radical (unpaired) electrons. The van der Waals surface area contributed by atoms with Crippen molar-refractivity contribution >= 4 is 23.5 Å². The second-order valence-corrected chi connectivity index (χ2v) is 8.28. The van der Waals surface area contributed by atoms with Crippen molar-refractivity contribution in [2.24, 2.45) is 0 Å². The Morgan fingerprint density at radius 1 is 1.16 bits per heavy atom. The fourth-order valence-electron chi connectivity index (χ4n) is 4.23.